The van der Waals surface area contributed by atoms with Crippen LogP contribution in [0.15, 0.2) is 57.8 Å². The molecule has 0 saturated carbocycles. The van der Waals surface area contributed by atoms with E-state index in [4.69, 9.17) is 9.15 Å². The van der Waals surface area contributed by atoms with Crippen LogP contribution in [0.1, 0.15) is 42.4 Å². The largest absolute Gasteiger partial charge is 0.492 e. The third-order valence-corrected chi connectivity index (χ3v) is 7.39. The van der Waals surface area contributed by atoms with E-state index in [-0.39, 0.29) is 16.3 Å². The highest BCUT2D eigenvalue weighted by atomic mass is 32.2. The number of aryl methyl sites for hydroxylation is 1. The highest BCUT2D eigenvalue weighted by Crippen LogP contribution is 2.32. The molecular weight excluding hydrogens is 442 g/mol. The van der Waals surface area contributed by atoms with Gasteiger partial charge in [-0.25, -0.2) is 13.4 Å². The number of aromatic nitrogens is 1. The molecule has 1 aliphatic rings. The number of carbonyl (C=O) groups excluding carboxylic acids is 1. The molecule has 2 heterocycles. The molecule has 8 nitrogen and oxygen atoms in total. The number of rotatable bonds is 7. The molecule has 0 atom stereocenters. The van der Waals surface area contributed by atoms with Gasteiger partial charge in [-0.15, -0.1) is 0 Å². The van der Waals surface area contributed by atoms with Gasteiger partial charge in [0, 0.05) is 24.3 Å². The highest BCUT2D eigenvalue weighted by Gasteiger charge is 2.29. The first-order chi connectivity index (χ1) is 15.9. The average molecular weight is 470 g/mol. The second-order valence-corrected chi connectivity index (χ2v) is 9.71. The second-order valence-electron chi connectivity index (χ2n) is 7.80. The van der Waals surface area contributed by atoms with Crippen LogP contribution in [0, 0.1) is 6.92 Å². The lowest BCUT2D eigenvalue weighted by molar-refractivity contribution is 0.102. The molecule has 0 aliphatic carbocycles. The van der Waals surface area contributed by atoms with Crippen molar-refractivity contribution < 1.29 is 22.4 Å². The van der Waals surface area contributed by atoms with Crippen molar-refractivity contribution >= 4 is 21.6 Å². The Hall–Kier alpha value is -3.17. The number of piperidine rings is 1. The van der Waals surface area contributed by atoms with E-state index in [0.29, 0.717) is 37.0 Å². The predicted molar refractivity (Wildman–Crippen MR) is 125 cm³/mol. The molecule has 9 heteroatoms. The monoisotopic (exact) mass is 469 g/mol. The van der Waals surface area contributed by atoms with Crippen molar-refractivity contribution in [1.29, 1.82) is 0 Å². The smallest absolute Gasteiger partial charge is 0.277 e. The van der Waals surface area contributed by atoms with Gasteiger partial charge in [0.25, 0.3) is 5.91 Å². The molecule has 3 aromatic rings. The lowest BCUT2D eigenvalue weighted by atomic mass is 10.2. The summed E-state index contributed by atoms with van der Waals surface area (Å²) in [5, 5.41) is 2.75. The zero-order valence-corrected chi connectivity index (χ0v) is 19.5. The van der Waals surface area contributed by atoms with Crippen molar-refractivity contribution in [3.05, 3.63) is 60.0 Å². The van der Waals surface area contributed by atoms with Crippen LogP contribution in [0.5, 0.6) is 5.75 Å². The number of sulfonamides is 1. The summed E-state index contributed by atoms with van der Waals surface area (Å²) in [5.74, 6) is 0.505. The second kappa shape index (κ2) is 9.76. The maximum absolute atomic E-state index is 13.3. The van der Waals surface area contributed by atoms with Crippen LogP contribution in [0.4, 0.5) is 5.69 Å². The predicted octanol–water partition coefficient (Wildman–Crippen LogP) is 4.48. The molecule has 1 aromatic heterocycles. The summed E-state index contributed by atoms with van der Waals surface area (Å²) in [4.78, 5) is 17.3. The molecule has 0 unspecified atom stereocenters. The number of benzene rings is 2. The molecule has 0 radical (unpaired) electrons. The van der Waals surface area contributed by atoms with Crippen LogP contribution < -0.4 is 10.1 Å². The summed E-state index contributed by atoms with van der Waals surface area (Å²) in [6.45, 7) is 4.74. The van der Waals surface area contributed by atoms with Crippen LogP contribution in [0.3, 0.4) is 0 Å². The summed E-state index contributed by atoms with van der Waals surface area (Å²) in [6.07, 6.45) is 2.67. The van der Waals surface area contributed by atoms with Crippen molar-refractivity contribution in [3.63, 3.8) is 0 Å². The molecular formula is C24H27N3O5S. The number of hydrogen-bond donors (Lipinski definition) is 1. The Balaban J connectivity index is 1.62. The van der Waals surface area contributed by atoms with E-state index >= 15 is 0 Å². The summed E-state index contributed by atoms with van der Waals surface area (Å²) < 4.78 is 39.4. The number of oxazole rings is 1. The van der Waals surface area contributed by atoms with E-state index in [1.54, 1.807) is 26.0 Å². The first kappa shape index (κ1) is 23.0. The van der Waals surface area contributed by atoms with E-state index in [2.05, 4.69) is 10.3 Å². The first-order valence-corrected chi connectivity index (χ1v) is 12.5. The highest BCUT2D eigenvalue weighted by molar-refractivity contribution is 7.89. The molecule has 4 rings (SSSR count). The van der Waals surface area contributed by atoms with Crippen molar-refractivity contribution in [2.24, 2.45) is 0 Å². The van der Waals surface area contributed by atoms with Crippen LogP contribution in [0.25, 0.3) is 11.5 Å². The summed E-state index contributed by atoms with van der Waals surface area (Å²) >= 11 is 0. The topological polar surface area (TPSA) is 102 Å². The van der Waals surface area contributed by atoms with E-state index in [1.165, 1.54) is 10.4 Å². The molecule has 1 fully saturated rings. The Bertz CT molecular complexity index is 1230. The molecule has 1 N–H and O–H groups in total. The van der Waals surface area contributed by atoms with Gasteiger partial charge in [0.05, 0.1) is 6.61 Å². The van der Waals surface area contributed by atoms with Crippen molar-refractivity contribution in [2.45, 2.75) is 38.0 Å². The Morgan fingerprint density at radius 1 is 1.12 bits per heavy atom. The molecule has 33 heavy (non-hydrogen) atoms. The standard InChI is InChI=1S/C24H27N3O5S/c1-3-31-20-13-12-19(16-21(20)33(29,30)27-14-8-5-9-15-27)25-23(28)22-17(2)32-24(26-22)18-10-6-4-7-11-18/h4,6-7,10-13,16H,3,5,8-9,14-15H2,1-2H3,(H,25,28). The van der Waals surface area contributed by atoms with Gasteiger partial charge >= 0.3 is 0 Å². The Morgan fingerprint density at radius 3 is 2.55 bits per heavy atom. The minimum atomic E-state index is -3.76. The van der Waals surface area contributed by atoms with Gasteiger partial charge in [-0.3, -0.25) is 4.79 Å². The molecule has 2 aromatic carbocycles. The quantitative estimate of drug-likeness (QED) is 0.548. The van der Waals surface area contributed by atoms with Gasteiger partial charge in [-0.2, -0.15) is 4.31 Å². The van der Waals surface area contributed by atoms with E-state index in [9.17, 15) is 13.2 Å². The lowest BCUT2D eigenvalue weighted by Crippen LogP contribution is -2.35. The minimum absolute atomic E-state index is 0.0471. The Labute approximate surface area is 193 Å². The number of nitrogens with one attached hydrogen (secondary N) is 1. The summed E-state index contributed by atoms with van der Waals surface area (Å²) in [6, 6.07) is 13.9. The summed E-state index contributed by atoms with van der Waals surface area (Å²) in [7, 11) is -3.76. The maximum atomic E-state index is 13.3. The van der Waals surface area contributed by atoms with Gasteiger partial charge in [-0.1, -0.05) is 24.6 Å². The third kappa shape index (κ3) is 4.94. The fourth-order valence-electron chi connectivity index (χ4n) is 3.81. The SMILES string of the molecule is CCOc1ccc(NC(=O)c2nc(-c3ccccc3)oc2C)cc1S(=O)(=O)N1CCCCC1. The van der Waals surface area contributed by atoms with Crippen molar-refractivity contribution in [3.8, 4) is 17.2 Å². The zero-order chi connectivity index (χ0) is 23.4. The van der Waals surface area contributed by atoms with Crippen LogP contribution in [0.2, 0.25) is 0 Å². The fraction of sp³-hybridized carbons (Fsp3) is 0.333. The van der Waals surface area contributed by atoms with Gasteiger partial charge in [0.2, 0.25) is 15.9 Å². The molecule has 1 saturated heterocycles. The lowest BCUT2D eigenvalue weighted by Gasteiger charge is -2.27. The van der Waals surface area contributed by atoms with Crippen molar-refractivity contribution in [2.75, 3.05) is 25.0 Å². The van der Waals surface area contributed by atoms with Crippen LogP contribution in [-0.4, -0.2) is 43.3 Å². The Morgan fingerprint density at radius 2 is 1.85 bits per heavy atom. The van der Waals surface area contributed by atoms with Gasteiger partial charge in [0.15, 0.2) is 5.69 Å². The fourth-order valence-corrected chi connectivity index (χ4v) is 5.48. The molecule has 1 amide bonds. The van der Waals surface area contributed by atoms with Crippen molar-refractivity contribution in [1.82, 2.24) is 9.29 Å². The number of hydrogen-bond acceptors (Lipinski definition) is 6. The van der Waals surface area contributed by atoms with Gasteiger partial charge < -0.3 is 14.5 Å². The number of nitrogens with zero attached hydrogens (tertiary/aromatic N) is 2. The zero-order valence-electron chi connectivity index (χ0n) is 18.7. The molecule has 174 valence electrons. The Kier molecular flexibility index (Phi) is 6.80. The number of ether oxygens (including phenoxy) is 1. The van der Waals surface area contributed by atoms with Gasteiger partial charge in [-0.05, 0) is 57.0 Å². The van der Waals surface area contributed by atoms with E-state index < -0.39 is 15.9 Å². The number of anilines is 1. The molecule has 0 spiro atoms. The molecule has 1 aliphatic heterocycles. The normalized spacial score (nSPS) is 14.7. The average Bonchev–Trinajstić information content (AvgIpc) is 3.23. The van der Waals surface area contributed by atoms with Gasteiger partial charge in [0.1, 0.15) is 16.4 Å². The number of carbonyl (C=O) groups is 1. The van der Waals surface area contributed by atoms with E-state index in [0.717, 1.165) is 24.8 Å². The maximum Gasteiger partial charge on any atom is 0.277 e. The van der Waals surface area contributed by atoms with E-state index in [1.807, 2.05) is 30.3 Å². The van der Waals surface area contributed by atoms with Crippen LogP contribution >= 0.6 is 0 Å². The summed E-state index contributed by atoms with van der Waals surface area (Å²) in [5.41, 5.74) is 1.24. The minimum Gasteiger partial charge on any atom is -0.492 e. The number of amides is 1. The third-order valence-electron chi connectivity index (χ3n) is 5.47. The van der Waals surface area contributed by atoms with Crippen LogP contribution in [-0.2, 0) is 10.0 Å². The molecule has 0 bridgehead atoms. The first-order valence-electron chi connectivity index (χ1n) is 11.0.